The third kappa shape index (κ3) is 5.64. The van der Waals surface area contributed by atoms with Gasteiger partial charge in [-0.25, -0.2) is 0 Å². The van der Waals surface area contributed by atoms with Gasteiger partial charge >= 0.3 is 6.61 Å². The summed E-state index contributed by atoms with van der Waals surface area (Å²) in [5.74, 6) is -0.578. The van der Waals surface area contributed by atoms with Crippen LogP contribution in [0.25, 0.3) is 6.08 Å². The summed E-state index contributed by atoms with van der Waals surface area (Å²) in [5.41, 5.74) is 1.40. The Kier molecular flexibility index (Phi) is 5.80. The lowest BCUT2D eigenvalue weighted by Crippen LogP contribution is -2.25. The Morgan fingerprint density at radius 3 is 2.44 bits per heavy atom. The molecule has 0 unspecified atom stereocenters. The molecule has 0 bridgehead atoms. The Morgan fingerprint density at radius 2 is 1.78 bits per heavy atom. The smallest absolute Gasteiger partial charge is 0.387 e. The molecule has 27 heavy (non-hydrogen) atoms. The van der Waals surface area contributed by atoms with Gasteiger partial charge in [-0.2, -0.15) is 8.78 Å². The van der Waals surface area contributed by atoms with Crippen molar-refractivity contribution in [3.05, 3.63) is 65.7 Å². The summed E-state index contributed by atoms with van der Waals surface area (Å²) in [6.07, 6.45) is 4.64. The highest BCUT2D eigenvalue weighted by Gasteiger charge is 2.23. The van der Waals surface area contributed by atoms with Gasteiger partial charge in [0, 0.05) is 28.9 Å². The minimum Gasteiger partial charge on any atom is -0.434 e. The van der Waals surface area contributed by atoms with Crippen LogP contribution in [0.5, 0.6) is 5.75 Å². The molecule has 0 saturated heterocycles. The number of rotatable bonds is 7. The maximum absolute atomic E-state index is 12.4. The summed E-state index contributed by atoms with van der Waals surface area (Å²) in [6, 6.07) is 13.0. The average Bonchev–Trinajstić information content (AvgIpc) is 3.45. The predicted molar refractivity (Wildman–Crippen MR) is 97.7 cm³/mol. The number of anilines is 1. The van der Waals surface area contributed by atoms with Crippen LogP contribution in [-0.2, 0) is 4.79 Å². The minimum absolute atomic E-state index is 0.0115. The van der Waals surface area contributed by atoms with Crippen LogP contribution < -0.4 is 15.4 Å². The van der Waals surface area contributed by atoms with Gasteiger partial charge in [-0.3, -0.25) is 9.59 Å². The summed E-state index contributed by atoms with van der Waals surface area (Å²) < 4.78 is 29.2. The Hall–Kier alpha value is -3.22. The Balaban J connectivity index is 1.59. The number of amides is 2. The number of carbonyl (C=O) groups excluding carboxylic acids is 2. The number of nitrogens with one attached hydrogen (secondary N) is 2. The van der Waals surface area contributed by atoms with Crippen LogP contribution >= 0.6 is 0 Å². The zero-order valence-corrected chi connectivity index (χ0v) is 14.3. The first-order valence-electron chi connectivity index (χ1n) is 8.45. The van der Waals surface area contributed by atoms with Gasteiger partial charge in [-0.1, -0.05) is 18.2 Å². The number of ether oxygens (including phenoxy) is 1. The lowest BCUT2D eigenvalue weighted by Gasteiger charge is -2.07. The molecule has 0 aromatic heterocycles. The highest BCUT2D eigenvalue weighted by Crippen LogP contribution is 2.22. The van der Waals surface area contributed by atoms with Crippen LogP contribution in [0, 0.1) is 0 Å². The molecule has 0 radical (unpaired) electrons. The minimum atomic E-state index is -2.94. The molecule has 140 valence electrons. The SMILES string of the molecule is O=C(/C=C/c1ccccc1OC(F)F)Nc1ccc(C(=O)NC2CC2)cc1. The molecular weight excluding hydrogens is 354 g/mol. The van der Waals surface area contributed by atoms with E-state index in [1.807, 2.05) is 0 Å². The van der Waals surface area contributed by atoms with E-state index in [-0.39, 0.29) is 17.7 Å². The molecular formula is C20H18F2N2O3. The van der Waals surface area contributed by atoms with Crippen molar-refractivity contribution in [1.29, 1.82) is 0 Å². The molecule has 2 aromatic rings. The van der Waals surface area contributed by atoms with Gasteiger partial charge in [-0.15, -0.1) is 0 Å². The van der Waals surface area contributed by atoms with E-state index in [9.17, 15) is 18.4 Å². The maximum Gasteiger partial charge on any atom is 0.387 e. The van der Waals surface area contributed by atoms with E-state index in [1.54, 1.807) is 42.5 Å². The second-order valence-electron chi connectivity index (χ2n) is 6.06. The third-order valence-corrected chi connectivity index (χ3v) is 3.88. The lowest BCUT2D eigenvalue weighted by atomic mass is 10.1. The highest BCUT2D eigenvalue weighted by molar-refractivity contribution is 6.02. The summed E-state index contributed by atoms with van der Waals surface area (Å²) in [4.78, 5) is 23.9. The normalized spacial score (nSPS) is 13.6. The van der Waals surface area contributed by atoms with Crippen molar-refractivity contribution in [3.8, 4) is 5.75 Å². The number of hydrogen-bond acceptors (Lipinski definition) is 3. The lowest BCUT2D eigenvalue weighted by molar-refractivity contribution is -0.111. The number of benzene rings is 2. The fourth-order valence-electron chi connectivity index (χ4n) is 2.37. The predicted octanol–water partition coefficient (Wildman–Crippen LogP) is 3.83. The number of halogens is 2. The van der Waals surface area contributed by atoms with Crippen molar-refractivity contribution in [3.63, 3.8) is 0 Å². The van der Waals surface area contributed by atoms with Gasteiger partial charge in [0.15, 0.2) is 0 Å². The second-order valence-corrected chi connectivity index (χ2v) is 6.06. The standard InChI is InChI=1S/C20H18F2N2O3/c21-20(22)27-17-4-2-1-3-13(17)7-12-18(25)23-15-8-5-14(6-9-15)19(26)24-16-10-11-16/h1-9,12,16,20H,10-11H2,(H,23,25)(H,24,26)/b12-7+. The molecule has 2 aromatic carbocycles. The van der Waals surface area contributed by atoms with E-state index in [1.165, 1.54) is 18.2 Å². The highest BCUT2D eigenvalue weighted by atomic mass is 19.3. The van der Waals surface area contributed by atoms with E-state index in [0.717, 1.165) is 12.8 Å². The molecule has 0 heterocycles. The summed E-state index contributed by atoms with van der Waals surface area (Å²) in [5, 5.41) is 5.53. The van der Waals surface area contributed by atoms with Gasteiger partial charge in [0.25, 0.3) is 5.91 Å². The van der Waals surface area contributed by atoms with Crippen molar-refractivity contribution >= 4 is 23.6 Å². The second kappa shape index (κ2) is 8.44. The first kappa shape index (κ1) is 18.6. The largest absolute Gasteiger partial charge is 0.434 e. The topological polar surface area (TPSA) is 67.4 Å². The van der Waals surface area contributed by atoms with Gasteiger partial charge < -0.3 is 15.4 Å². The molecule has 0 aliphatic heterocycles. The molecule has 5 nitrogen and oxygen atoms in total. The summed E-state index contributed by atoms with van der Waals surface area (Å²) >= 11 is 0. The number of hydrogen-bond donors (Lipinski definition) is 2. The van der Waals surface area contributed by atoms with Gasteiger partial charge in [-0.05, 0) is 49.2 Å². The molecule has 1 aliphatic carbocycles. The monoisotopic (exact) mass is 372 g/mol. The fourth-order valence-corrected chi connectivity index (χ4v) is 2.37. The Labute approximate surface area is 155 Å². The van der Waals surface area contributed by atoms with E-state index < -0.39 is 12.5 Å². The molecule has 1 saturated carbocycles. The van der Waals surface area contributed by atoms with Crippen molar-refractivity contribution in [2.24, 2.45) is 0 Å². The summed E-state index contributed by atoms with van der Waals surface area (Å²) in [7, 11) is 0. The molecule has 7 heteroatoms. The zero-order valence-electron chi connectivity index (χ0n) is 14.3. The van der Waals surface area contributed by atoms with Crippen LogP contribution in [0.1, 0.15) is 28.8 Å². The molecule has 3 rings (SSSR count). The van der Waals surface area contributed by atoms with Crippen LogP contribution in [0.3, 0.4) is 0 Å². The number of alkyl halides is 2. The van der Waals surface area contributed by atoms with Gasteiger partial charge in [0.05, 0.1) is 0 Å². The molecule has 0 spiro atoms. The van der Waals surface area contributed by atoms with Gasteiger partial charge in [0.1, 0.15) is 5.75 Å². The van der Waals surface area contributed by atoms with E-state index in [4.69, 9.17) is 0 Å². The molecule has 0 atom stereocenters. The first-order valence-corrected chi connectivity index (χ1v) is 8.45. The third-order valence-electron chi connectivity index (χ3n) is 3.88. The van der Waals surface area contributed by atoms with E-state index in [2.05, 4.69) is 15.4 Å². The van der Waals surface area contributed by atoms with E-state index in [0.29, 0.717) is 16.8 Å². The van der Waals surface area contributed by atoms with Crippen LogP contribution in [0.15, 0.2) is 54.6 Å². The first-order chi connectivity index (χ1) is 13.0. The summed E-state index contributed by atoms with van der Waals surface area (Å²) in [6.45, 7) is -2.94. The van der Waals surface area contributed by atoms with Gasteiger partial charge in [0.2, 0.25) is 5.91 Å². The van der Waals surface area contributed by atoms with Crippen molar-refractivity contribution < 1.29 is 23.1 Å². The average molecular weight is 372 g/mol. The zero-order chi connectivity index (χ0) is 19.2. The van der Waals surface area contributed by atoms with E-state index >= 15 is 0 Å². The van der Waals surface area contributed by atoms with Crippen LogP contribution in [-0.4, -0.2) is 24.5 Å². The maximum atomic E-state index is 12.4. The van der Waals surface area contributed by atoms with Crippen LogP contribution in [0.2, 0.25) is 0 Å². The fraction of sp³-hybridized carbons (Fsp3) is 0.200. The quantitative estimate of drug-likeness (QED) is 0.726. The van der Waals surface area contributed by atoms with Crippen molar-refractivity contribution in [1.82, 2.24) is 5.32 Å². The Bertz CT molecular complexity index is 847. The molecule has 2 amide bonds. The number of para-hydroxylation sites is 1. The van der Waals surface area contributed by atoms with Crippen molar-refractivity contribution in [2.75, 3.05) is 5.32 Å². The molecule has 1 aliphatic rings. The Morgan fingerprint density at radius 1 is 1.07 bits per heavy atom. The van der Waals surface area contributed by atoms with Crippen molar-refractivity contribution in [2.45, 2.75) is 25.5 Å². The molecule has 2 N–H and O–H groups in total. The number of carbonyl (C=O) groups is 2. The van der Waals surface area contributed by atoms with Crippen LogP contribution in [0.4, 0.5) is 14.5 Å². The molecule has 1 fully saturated rings.